The third kappa shape index (κ3) is 7.65. The zero-order valence-electron chi connectivity index (χ0n) is 16.0. The Morgan fingerprint density at radius 3 is 1.89 bits per heavy atom. The van der Waals surface area contributed by atoms with Crippen LogP contribution in [0.25, 0.3) is 0 Å². The molecule has 0 aliphatic heterocycles. The molecule has 144 valence electrons. The first kappa shape index (κ1) is 20.7. The quantitative estimate of drug-likeness (QED) is 0.385. The van der Waals surface area contributed by atoms with Gasteiger partial charge < -0.3 is 9.47 Å². The van der Waals surface area contributed by atoms with Gasteiger partial charge in [0.05, 0.1) is 17.7 Å². The third-order valence-corrected chi connectivity index (χ3v) is 4.30. The molecular formula is C23H28O4. The van der Waals surface area contributed by atoms with E-state index in [1.54, 1.807) is 24.3 Å². The molecule has 4 nitrogen and oxygen atoms in total. The number of hydrogen-bond donors (Lipinski definition) is 0. The fraction of sp³-hybridized carbons (Fsp3) is 0.391. The lowest BCUT2D eigenvalue weighted by molar-refractivity contribution is 0.0466. The van der Waals surface area contributed by atoms with Crippen molar-refractivity contribution in [2.45, 2.75) is 52.1 Å². The minimum absolute atomic E-state index is 0.224. The molecule has 0 atom stereocenters. The first-order chi connectivity index (χ1) is 13.2. The van der Waals surface area contributed by atoms with E-state index in [2.05, 4.69) is 6.92 Å². The average Bonchev–Trinajstić information content (AvgIpc) is 2.72. The fourth-order valence-corrected chi connectivity index (χ4v) is 2.68. The van der Waals surface area contributed by atoms with Gasteiger partial charge in [-0.1, -0.05) is 69.4 Å². The second kappa shape index (κ2) is 11.9. The summed E-state index contributed by atoms with van der Waals surface area (Å²) < 4.78 is 10.6. The van der Waals surface area contributed by atoms with Crippen LogP contribution >= 0.6 is 0 Å². The van der Waals surface area contributed by atoms with E-state index >= 15 is 0 Å². The SMILES string of the molecule is CCCCCCCCOC(=O)c1ccc(C(=O)OCc2ccccc2)cc1. The lowest BCUT2D eigenvalue weighted by Crippen LogP contribution is -2.08. The summed E-state index contributed by atoms with van der Waals surface area (Å²) in [5, 5.41) is 0. The van der Waals surface area contributed by atoms with Gasteiger partial charge in [0.25, 0.3) is 0 Å². The van der Waals surface area contributed by atoms with Crippen molar-refractivity contribution in [3.8, 4) is 0 Å². The summed E-state index contributed by atoms with van der Waals surface area (Å²) in [7, 11) is 0. The maximum Gasteiger partial charge on any atom is 0.338 e. The monoisotopic (exact) mass is 368 g/mol. The van der Waals surface area contributed by atoms with Gasteiger partial charge in [0.2, 0.25) is 0 Å². The second-order valence-corrected chi connectivity index (χ2v) is 6.54. The average molecular weight is 368 g/mol. The van der Waals surface area contributed by atoms with Gasteiger partial charge in [0.15, 0.2) is 0 Å². The molecule has 2 rings (SSSR count). The Kier molecular flexibility index (Phi) is 9.11. The van der Waals surface area contributed by atoms with E-state index in [1.165, 1.54) is 25.7 Å². The Morgan fingerprint density at radius 2 is 1.26 bits per heavy atom. The molecular weight excluding hydrogens is 340 g/mol. The van der Waals surface area contributed by atoms with Crippen molar-refractivity contribution in [2.24, 2.45) is 0 Å². The molecule has 27 heavy (non-hydrogen) atoms. The van der Waals surface area contributed by atoms with E-state index < -0.39 is 5.97 Å². The van der Waals surface area contributed by atoms with Crippen molar-refractivity contribution in [3.05, 3.63) is 71.3 Å². The smallest absolute Gasteiger partial charge is 0.338 e. The summed E-state index contributed by atoms with van der Waals surface area (Å²) in [5.41, 5.74) is 1.79. The number of benzene rings is 2. The zero-order chi connectivity index (χ0) is 19.3. The summed E-state index contributed by atoms with van der Waals surface area (Å²) in [4.78, 5) is 24.1. The summed E-state index contributed by atoms with van der Waals surface area (Å²) >= 11 is 0. The standard InChI is InChI=1S/C23H28O4/c1-2-3-4-5-6-10-17-26-22(24)20-13-15-21(16-14-20)23(25)27-18-19-11-8-7-9-12-19/h7-9,11-16H,2-6,10,17-18H2,1H3. The molecule has 2 aromatic rings. The van der Waals surface area contributed by atoms with Crippen molar-refractivity contribution in [3.63, 3.8) is 0 Å². The molecule has 4 heteroatoms. The van der Waals surface area contributed by atoms with E-state index in [0.29, 0.717) is 17.7 Å². The molecule has 0 N–H and O–H groups in total. The van der Waals surface area contributed by atoms with E-state index in [4.69, 9.17) is 9.47 Å². The zero-order valence-corrected chi connectivity index (χ0v) is 16.0. The van der Waals surface area contributed by atoms with Crippen molar-refractivity contribution < 1.29 is 19.1 Å². The maximum absolute atomic E-state index is 12.1. The van der Waals surface area contributed by atoms with Gasteiger partial charge in [-0.05, 0) is 36.2 Å². The highest BCUT2D eigenvalue weighted by atomic mass is 16.5. The van der Waals surface area contributed by atoms with Gasteiger partial charge in [-0.25, -0.2) is 9.59 Å². The fourth-order valence-electron chi connectivity index (χ4n) is 2.68. The first-order valence-corrected chi connectivity index (χ1v) is 9.69. The van der Waals surface area contributed by atoms with Crippen LogP contribution in [0.4, 0.5) is 0 Å². The predicted molar refractivity (Wildman–Crippen MR) is 106 cm³/mol. The van der Waals surface area contributed by atoms with Crippen LogP contribution in [0.3, 0.4) is 0 Å². The van der Waals surface area contributed by atoms with Crippen molar-refractivity contribution >= 4 is 11.9 Å². The number of esters is 2. The van der Waals surface area contributed by atoms with Crippen LogP contribution in [-0.2, 0) is 16.1 Å². The number of hydrogen-bond acceptors (Lipinski definition) is 4. The van der Waals surface area contributed by atoms with Crippen molar-refractivity contribution in [1.29, 1.82) is 0 Å². The number of rotatable bonds is 11. The normalized spacial score (nSPS) is 10.4. The minimum atomic E-state index is -0.411. The van der Waals surface area contributed by atoms with Gasteiger partial charge in [-0.15, -0.1) is 0 Å². The highest BCUT2D eigenvalue weighted by Crippen LogP contribution is 2.10. The summed E-state index contributed by atoms with van der Waals surface area (Å²) in [5.74, 6) is -0.765. The largest absolute Gasteiger partial charge is 0.462 e. The van der Waals surface area contributed by atoms with Crippen LogP contribution < -0.4 is 0 Å². The van der Waals surface area contributed by atoms with Gasteiger partial charge in [0, 0.05) is 0 Å². The molecule has 0 fully saturated rings. The Hall–Kier alpha value is -2.62. The van der Waals surface area contributed by atoms with Crippen molar-refractivity contribution in [1.82, 2.24) is 0 Å². The molecule has 0 saturated heterocycles. The lowest BCUT2D eigenvalue weighted by atomic mass is 10.1. The summed E-state index contributed by atoms with van der Waals surface area (Å²) in [6, 6.07) is 15.9. The van der Waals surface area contributed by atoms with Crippen LogP contribution in [0.1, 0.15) is 71.7 Å². The van der Waals surface area contributed by atoms with E-state index in [0.717, 1.165) is 18.4 Å². The molecule has 0 amide bonds. The molecule has 0 radical (unpaired) electrons. The van der Waals surface area contributed by atoms with Crippen LogP contribution in [0, 0.1) is 0 Å². The third-order valence-electron chi connectivity index (χ3n) is 4.30. The summed E-state index contributed by atoms with van der Waals surface area (Å²) in [6.07, 6.45) is 6.89. The molecule has 0 saturated carbocycles. The van der Waals surface area contributed by atoms with Crippen LogP contribution in [0.15, 0.2) is 54.6 Å². The molecule has 0 unspecified atom stereocenters. The number of unbranched alkanes of at least 4 members (excludes halogenated alkanes) is 5. The highest BCUT2D eigenvalue weighted by Gasteiger charge is 2.11. The Bertz CT molecular complexity index is 692. The first-order valence-electron chi connectivity index (χ1n) is 9.69. The van der Waals surface area contributed by atoms with E-state index in [-0.39, 0.29) is 12.6 Å². The van der Waals surface area contributed by atoms with Crippen LogP contribution in [0.5, 0.6) is 0 Å². The number of carbonyl (C=O) groups is 2. The Balaban J connectivity index is 1.71. The van der Waals surface area contributed by atoms with Gasteiger partial charge in [-0.3, -0.25) is 0 Å². The molecule has 0 bridgehead atoms. The van der Waals surface area contributed by atoms with Gasteiger partial charge >= 0.3 is 11.9 Å². The predicted octanol–water partition coefficient (Wildman–Crippen LogP) is 5.56. The van der Waals surface area contributed by atoms with Gasteiger partial charge in [-0.2, -0.15) is 0 Å². The second-order valence-electron chi connectivity index (χ2n) is 6.54. The van der Waals surface area contributed by atoms with Gasteiger partial charge in [0.1, 0.15) is 6.61 Å². The molecule has 0 aliphatic rings. The van der Waals surface area contributed by atoms with E-state index in [9.17, 15) is 9.59 Å². The molecule has 0 heterocycles. The molecule has 0 spiro atoms. The summed E-state index contributed by atoms with van der Waals surface area (Å²) in [6.45, 7) is 2.85. The molecule has 2 aromatic carbocycles. The van der Waals surface area contributed by atoms with E-state index in [1.807, 2.05) is 30.3 Å². The van der Waals surface area contributed by atoms with Crippen LogP contribution in [0.2, 0.25) is 0 Å². The Labute approximate surface area is 161 Å². The number of ether oxygens (including phenoxy) is 2. The maximum atomic E-state index is 12.1. The van der Waals surface area contributed by atoms with Crippen molar-refractivity contribution in [2.75, 3.05) is 6.61 Å². The minimum Gasteiger partial charge on any atom is -0.462 e. The van der Waals surface area contributed by atoms with Crippen LogP contribution in [-0.4, -0.2) is 18.5 Å². The highest BCUT2D eigenvalue weighted by molar-refractivity contribution is 5.93. The topological polar surface area (TPSA) is 52.6 Å². The molecule has 0 aromatic heterocycles. The molecule has 0 aliphatic carbocycles. The number of carbonyl (C=O) groups excluding carboxylic acids is 2. The Morgan fingerprint density at radius 1 is 0.704 bits per heavy atom. The lowest BCUT2D eigenvalue weighted by Gasteiger charge is -2.07.